The number of carbonyl (C=O) groups excluding carboxylic acids is 2. The zero-order chi connectivity index (χ0) is 26.4. The second-order valence-corrected chi connectivity index (χ2v) is 11.7. The lowest BCUT2D eigenvalue weighted by Gasteiger charge is -2.38. The van der Waals surface area contributed by atoms with Gasteiger partial charge in [0.05, 0.1) is 16.3 Å². The van der Waals surface area contributed by atoms with E-state index in [0.717, 1.165) is 53.1 Å². The van der Waals surface area contributed by atoms with Crippen LogP contribution in [0.25, 0.3) is 21.4 Å². The van der Waals surface area contributed by atoms with E-state index in [0.29, 0.717) is 23.8 Å². The number of piperidine rings is 1. The molecule has 38 heavy (non-hydrogen) atoms. The Morgan fingerprint density at radius 1 is 1.13 bits per heavy atom. The van der Waals surface area contributed by atoms with Gasteiger partial charge in [-0.3, -0.25) is 9.59 Å². The van der Waals surface area contributed by atoms with Crippen LogP contribution < -0.4 is 5.32 Å². The first-order valence-electron chi connectivity index (χ1n) is 13.2. The maximum atomic E-state index is 13.5. The van der Waals surface area contributed by atoms with Gasteiger partial charge in [0.25, 0.3) is 0 Å². The molecule has 1 fully saturated rings. The molecule has 0 bridgehead atoms. The number of aromatic nitrogens is 3. The standard InChI is InChI=1S/C29H32N6O2S/c1-18-4-6-24(35(16-18)29(37)27(36)31-21-8-12-34-13-10-30-26(34)15-21)20-5-7-25-23(14-20)32-28(38-25)22-9-11-33(3)17-19(22)2/h5,7-8,10,12-15,18,24H,4,6,9,11,16-17H2,1-3H3,(H,31,36)/t18-,24+/m0/s1. The Hall–Kier alpha value is -3.56. The molecule has 0 unspecified atom stereocenters. The third-order valence-electron chi connectivity index (χ3n) is 7.75. The molecule has 2 atom stereocenters. The van der Waals surface area contributed by atoms with Crippen molar-refractivity contribution in [2.75, 3.05) is 32.0 Å². The molecule has 8 nitrogen and oxygen atoms in total. The number of benzene rings is 1. The molecule has 1 aromatic carbocycles. The van der Waals surface area contributed by atoms with Crippen molar-refractivity contribution in [2.45, 2.75) is 39.2 Å². The Balaban J connectivity index is 1.25. The summed E-state index contributed by atoms with van der Waals surface area (Å²) in [4.78, 5) is 39.9. The first-order chi connectivity index (χ1) is 18.4. The maximum Gasteiger partial charge on any atom is 0.313 e. The highest BCUT2D eigenvalue weighted by Crippen LogP contribution is 2.37. The van der Waals surface area contributed by atoms with Crippen molar-refractivity contribution >= 4 is 50.3 Å². The van der Waals surface area contributed by atoms with Crippen molar-refractivity contribution in [3.63, 3.8) is 0 Å². The summed E-state index contributed by atoms with van der Waals surface area (Å²) in [6.07, 6.45) is 8.18. The zero-order valence-electron chi connectivity index (χ0n) is 22.0. The lowest BCUT2D eigenvalue weighted by molar-refractivity contribution is -0.146. The maximum absolute atomic E-state index is 13.5. The summed E-state index contributed by atoms with van der Waals surface area (Å²) in [5, 5.41) is 3.88. The topological polar surface area (TPSA) is 82.8 Å². The van der Waals surface area contributed by atoms with Gasteiger partial charge < -0.3 is 19.5 Å². The van der Waals surface area contributed by atoms with E-state index in [2.05, 4.69) is 54.3 Å². The summed E-state index contributed by atoms with van der Waals surface area (Å²) in [7, 11) is 2.15. The number of likely N-dealkylation sites (N-methyl/N-ethyl adjacent to an activating group) is 1. The predicted molar refractivity (Wildman–Crippen MR) is 151 cm³/mol. The van der Waals surface area contributed by atoms with Crippen LogP contribution in [0, 0.1) is 5.92 Å². The number of pyridine rings is 1. The highest BCUT2D eigenvalue weighted by atomic mass is 32.1. The van der Waals surface area contributed by atoms with Crippen LogP contribution in [0.1, 0.15) is 49.7 Å². The van der Waals surface area contributed by atoms with E-state index >= 15 is 0 Å². The van der Waals surface area contributed by atoms with Gasteiger partial charge in [0.1, 0.15) is 10.7 Å². The van der Waals surface area contributed by atoms with Gasteiger partial charge in [0, 0.05) is 50.0 Å². The van der Waals surface area contributed by atoms with Crippen LogP contribution >= 0.6 is 11.3 Å². The Kier molecular flexibility index (Phi) is 6.49. The second kappa shape index (κ2) is 9.96. The van der Waals surface area contributed by atoms with Gasteiger partial charge in [-0.2, -0.15) is 0 Å². The van der Waals surface area contributed by atoms with Gasteiger partial charge in [-0.05, 0) is 68.5 Å². The van der Waals surface area contributed by atoms with Crippen LogP contribution in [0.2, 0.25) is 0 Å². The molecule has 196 valence electrons. The van der Waals surface area contributed by atoms with Crippen molar-refractivity contribution in [1.29, 1.82) is 0 Å². The average molecular weight is 529 g/mol. The summed E-state index contributed by atoms with van der Waals surface area (Å²) in [6.45, 7) is 6.91. The molecule has 2 aliphatic rings. The SMILES string of the molecule is CC1=C(c2nc3cc([C@H]4CC[C@H](C)CN4C(=O)C(=O)Nc4ccn5ccnc5c4)ccc3s2)CCN(C)C1. The monoisotopic (exact) mass is 528 g/mol. The van der Waals surface area contributed by atoms with E-state index in [-0.39, 0.29) is 6.04 Å². The third-order valence-corrected chi connectivity index (χ3v) is 8.84. The number of hydrogen-bond donors (Lipinski definition) is 1. The molecular weight excluding hydrogens is 496 g/mol. The van der Waals surface area contributed by atoms with Gasteiger partial charge in [-0.25, -0.2) is 9.97 Å². The van der Waals surface area contributed by atoms with Crippen LogP contribution in [0.3, 0.4) is 0 Å². The van der Waals surface area contributed by atoms with Crippen molar-refractivity contribution in [3.05, 3.63) is 65.1 Å². The van der Waals surface area contributed by atoms with E-state index in [1.54, 1.807) is 34.6 Å². The zero-order valence-corrected chi connectivity index (χ0v) is 22.8. The lowest BCUT2D eigenvalue weighted by Crippen LogP contribution is -2.46. The van der Waals surface area contributed by atoms with Gasteiger partial charge in [0.15, 0.2) is 0 Å². The summed E-state index contributed by atoms with van der Waals surface area (Å²) in [5.41, 5.74) is 6.01. The number of fused-ring (bicyclic) bond motifs is 2. The minimum absolute atomic E-state index is 0.155. The summed E-state index contributed by atoms with van der Waals surface area (Å²) < 4.78 is 3.00. The number of thiazole rings is 1. The normalized spacial score (nSPS) is 20.9. The molecule has 2 amide bonds. The average Bonchev–Trinajstić information content (AvgIpc) is 3.54. The molecule has 0 saturated carbocycles. The van der Waals surface area contributed by atoms with Crippen LogP contribution in [0.4, 0.5) is 5.69 Å². The second-order valence-electron chi connectivity index (χ2n) is 10.7. The molecule has 3 aromatic heterocycles. The number of likely N-dealkylation sites (tertiary alicyclic amines) is 1. The molecular formula is C29H32N6O2S. The fourth-order valence-electron chi connectivity index (χ4n) is 5.69. The largest absolute Gasteiger partial charge is 0.327 e. The minimum atomic E-state index is -0.623. The molecule has 0 radical (unpaired) electrons. The molecule has 0 aliphatic carbocycles. The number of amides is 2. The lowest BCUT2D eigenvalue weighted by atomic mass is 9.89. The predicted octanol–water partition coefficient (Wildman–Crippen LogP) is 4.99. The van der Waals surface area contributed by atoms with Crippen LogP contribution in [-0.2, 0) is 9.59 Å². The van der Waals surface area contributed by atoms with Gasteiger partial charge in [-0.1, -0.05) is 18.6 Å². The molecule has 4 aromatic rings. The van der Waals surface area contributed by atoms with Crippen molar-refractivity contribution in [2.24, 2.45) is 5.92 Å². The van der Waals surface area contributed by atoms with Gasteiger partial charge >= 0.3 is 11.8 Å². The number of imidazole rings is 1. The fraction of sp³-hybridized carbons (Fsp3) is 0.379. The molecule has 9 heteroatoms. The summed E-state index contributed by atoms with van der Waals surface area (Å²) >= 11 is 1.74. The Labute approximate surface area is 226 Å². The van der Waals surface area contributed by atoms with Crippen molar-refractivity contribution < 1.29 is 9.59 Å². The summed E-state index contributed by atoms with van der Waals surface area (Å²) in [5.74, 6) is -0.795. The van der Waals surface area contributed by atoms with E-state index < -0.39 is 11.8 Å². The number of nitrogens with zero attached hydrogens (tertiary/aromatic N) is 5. The van der Waals surface area contributed by atoms with Crippen molar-refractivity contribution in [1.82, 2.24) is 24.2 Å². The smallest absolute Gasteiger partial charge is 0.313 e. The first-order valence-corrected chi connectivity index (χ1v) is 14.0. The van der Waals surface area contributed by atoms with Crippen molar-refractivity contribution in [3.8, 4) is 0 Å². The molecule has 5 heterocycles. The molecule has 0 spiro atoms. The molecule has 1 saturated heterocycles. The van der Waals surface area contributed by atoms with Gasteiger partial charge in [-0.15, -0.1) is 11.3 Å². The number of hydrogen-bond acceptors (Lipinski definition) is 6. The first kappa shape index (κ1) is 24.8. The minimum Gasteiger partial charge on any atom is -0.327 e. The van der Waals surface area contributed by atoms with E-state index in [4.69, 9.17) is 4.98 Å². The Morgan fingerprint density at radius 3 is 2.84 bits per heavy atom. The number of carbonyl (C=O) groups is 2. The van der Waals surface area contributed by atoms with Crippen LogP contribution in [0.5, 0.6) is 0 Å². The van der Waals surface area contributed by atoms with E-state index in [1.807, 2.05) is 16.8 Å². The van der Waals surface area contributed by atoms with E-state index in [1.165, 1.54) is 11.1 Å². The van der Waals surface area contributed by atoms with E-state index in [9.17, 15) is 9.59 Å². The highest BCUT2D eigenvalue weighted by molar-refractivity contribution is 7.19. The Bertz CT molecular complexity index is 1570. The fourth-order valence-corrected chi connectivity index (χ4v) is 6.79. The molecule has 6 rings (SSSR count). The van der Waals surface area contributed by atoms with Crippen LogP contribution in [0.15, 0.2) is 54.5 Å². The number of anilines is 1. The highest BCUT2D eigenvalue weighted by Gasteiger charge is 2.34. The number of rotatable bonds is 3. The van der Waals surface area contributed by atoms with Crippen LogP contribution in [-0.4, -0.2) is 62.7 Å². The number of nitrogens with one attached hydrogen (secondary N) is 1. The summed E-state index contributed by atoms with van der Waals surface area (Å²) in [6, 6.07) is 9.72. The molecule has 2 aliphatic heterocycles. The quantitative estimate of drug-likeness (QED) is 0.379. The molecule has 1 N–H and O–H groups in total. The third kappa shape index (κ3) is 4.72. The van der Waals surface area contributed by atoms with Gasteiger partial charge in [0.2, 0.25) is 0 Å². The Morgan fingerprint density at radius 2 is 2.00 bits per heavy atom.